The number of aromatic nitrogens is 4. The topological polar surface area (TPSA) is 79.4 Å². The van der Waals surface area contributed by atoms with Gasteiger partial charge in [-0.3, -0.25) is 5.32 Å². The Labute approximate surface area is 129 Å². The number of hydrogen-bond donors (Lipinski definition) is 1. The van der Waals surface area contributed by atoms with Gasteiger partial charge >= 0.3 is 0 Å². The van der Waals surface area contributed by atoms with Gasteiger partial charge in [0.25, 0.3) is 0 Å². The SMILES string of the molecule is CCCNC1(C#N)CCCC(Sc2nnnn2C2CC2)C1. The van der Waals surface area contributed by atoms with Crippen molar-refractivity contribution in [1.82, 2.24) is 25.5 Å². The Bertz CT molecular complexity index is 520. The van der Waals surface area contributed by atoms with Gasteiger partial charge in [-0.05, 0) is 61.9 Å². The van der Waals surface area contributed by atoms with Gasteiger partial charge in [-0.2, -0.15) is 5.26 Å². The second-order valence-electron chi connectivity index (χ2n) is 6.09. The first-order valence-corrected chi connectivity index (χ1v) is 8.75. The summed E-state index contributed by atoms with van der Waals surface area (Å²) in [4.78, 5) is 0. The molecule has 0 spiro atoms. The van der Waals surface area contributed by atoms with Crippen LogP contribution in [0.4, 0.5) is 0 Å². The summed E-state index contributed by atoms with van der Waals surface area (Å²) in [7, 11) is 0. The van der Waals surface area contributed by atoms with E-state index in [9.17, 15) is 5.26 Å². The van der Waals surface area contributed by atoms with Gasteiger partial charge in [0.2, 0.25) is 5.16 Å². The van der Waals surface area contributed by atoms with Crippen LogP contribution < -0.4 is 5.32 Å². The standard InChI is InChI=1S/C14H22N6S/c1-2-8-16-14(10-15)7-3-4-12(9-14)21-13-17-18-19-20(13)11-5-6-11/h11-12,16H,2-9H2,1H3. The largest absolute Gasteiger partial charge is 0.299 e. The number of hydrogen-bond acceptors (Lipinski definition) is 6. The molecule has 2 atom stereocenters. The lowest BCUT2D eigenvalue weighted by molar-refractivity contribution is 0.304. The Balaban J connectivity index is 1.65. The van der Waals surface area contributed by atoms with Gasteiger partial charge in [0, 0.05) is 5.25 Å². The Hall–Kier alpha value is -1.13. The minimum atomic E-state index is -0.357. The number of rotatable bonds is 6. The molecule has 0 aromatic carbocycles. The summed E-state index contributed by atoms with van der Waals surface area (Å²) in [5.41, 5.74) is -0.357. The quantitative estimate of drug-likeness (QED) is 0.868. The van der Waals surface area contributed by atoms with E-state index in [2.05, 4.69) is 33.8 Å². The average molecular weight is 306 g/mol. The van der Waals surface area contributed by atoms with Crippen molar-refractivity contribution in [3.8, 4) is 6.07 Å². The van der Waals surface area contributed by atoms with Gasteiger partial charge in [-0.25, -0.2) is 4.68 Å². The highest BCUT2D eigenvalue weighted by atomic mass is 32.2. The van der Waals surface area contributed by atoms with E-state index in [0.717, 1.165) is 43.8 Å². The maximum Gasteiger partial charge on any atom is 0.209 e. The molecule has 1 aromatic rings. The highest BCUT2D eigenvalue weighted by Gasteiger charge is 2.37. The Morgan fingerprint density at radius 3 is 3.05 bits per heavy atom. The van der Waals surface area contributed by atoms with E-state index >= 15 is 0 Å². The van der Waals surface area contributed by atoms with E-state index in [4.69, 9.17) is 0 Å². The summed E-state index contributed by atoms with van der Waals surface area (Å²) in [6.45, 7) is 3.04. The van der Waals surface area contributed by atoms with Crippen LogP contribution in [0.2, 0.25) is 0 Å². The van der Waals surface area contributed by atoms with Crippen LogP contribution in [-0.4, -0.2) is 37.5 Å². The number of tetrazole rings is 1. The third kappa shape index (κ3) is 3.38. The maximum absolute atomic E-state index is 9.60. The molecule has 3 rings (SSSR count). The fraction of sp³-hybridized carbons (Fsp3) is 0.857. The molecule has 2 saturated carbocycles. The summed E-state index contributed by atoms with van der Waals surface area (Å²) in [5.74, 6) is 0. The van der Waals surface area contributed by atoms with E-state index in [-0.39, 0.29) is 5.54 Å². The molecule has 21 heavy (non-hydrogen) atoms. The molecule has 0 saturated heterocycles. The van der Waals surface area contributed by atoms with E-state index in [1.807, 2.05) is 4.68 Å². The smallest absolute Gasteiger partial charge is 0.209 e. The first kappa shape index (κ1) is 14.8. The monoisotopic (exact) mass is 306 g/mol. The van der Waals surface area contributed by atoms with Crippen molar-refractivity contribution in [2.75, 3.05) is 6.54 Å². The summed E-state index contributed by atoms with van der Waals surface area (Å²) in [5, 5.41) is 26.5. The lowest BCUT2D eigenvalue weighted by Gasteiger charge is -2.36. The Kier molecular flexibility index (Phi) is 4.45. The van der Waals surface area contributed by atoms with Crippen LogP contribution in [0.1, 0.15) is 57.9 Å². The van der Waals surface area contributed by atoms with Gasteiger partial charge < -0.3 is 0 Å². The molecule has 0 amide bonds. The summed E-state index contributed by atoms with van der Waals surface area (Å²) in [6, 6.07) is 3.03. The predicted molar refractivity (Wildman–Crippen MR) is 80.8 cm³/mol. The van der Waals surface area contributed by atoms with Crippen LogP contribution >= 0.6 is 11.8 Å². The molecule has 1 heterocycles. The van der Waals surface area contributed by atoms with Crippen molar-refractivity contribution < 1.29 is 0 Å². The zero-order chi connectivity index (χ0) is 14.7. The van der Waals surface area contributed by atoms with Gasteiger partial charge in [0.05, 0.1) is 12.1 Å². The number of thioether (sulfide) groups is 1. The molecular weight excluding hydrogens is 284 g/mol. The molecule has 2 aliphatic carbocycles. The van der Waals surface area contributed by atoms with E-state index in [1.165, 1.54) is 12.8 Å². The third-order valence-electron chi connectivity index (χ3n) is 4.26. The molecule has 7 heteroatoms. The molecule has 114 valence electrons. The molecule has 0 bridgehead atoms. The molecule has 2 unspecified atom stereocenters. The highest BCUT2D eigenvalue weighted by Crippen LogP contribution is 2.41. The second kappa shape index (κ2) is 6.32. The van der Waals surface area contributed by atoms with Crippen molar-refractivity contribution in [1.29, 1.82) is 5.26 Å². The molecule has 6 nitrogen and oxygen atoms in total. The Morgan fingerprint density at radius 1 is 1.48 bits per heavy atom. The minimum absolute atomic E-state index is 0.357. The highest BCUT2D eigenvalue weighted by molar-refractivity contribution is 7.99. The normalized spacial score (nSPS) is 29.2. The van der Waals surface area contributed by atoms with Crippen LogP contribution in [0, 0.1) is 11.3 Å². The van der Waals surface area contributed by atoms with Crippen LogP contribution in [0.3, 0.4) is 0 Å². The van der Waals surface area contributed by atoms with Gasteiger partial charge in [-0.1, -0.05) is 18.7 Å². The molecule has 2 fully saturated rings. The molecule has 1 N–H and O–H groups in total. The van der Waals surface area contributed by atoms with Gasteiger partial charge in [0.15, 0.2) is 0 Å². The Morgan fingerprint density at radius 2 is 2.33 bits per heavy atom. The third-order valence-corrected chi connectivity index (χ3v) is 5.48. The zero-order valence-corrected chi connectivity index (χ0v) is 13.3. The molecule has 2 aliphatic rings. The molecular formula is C14H22N6S. The fourth-order valence-electron chi connectivity index (χ4n) is 2.95. The predicted octanol–water partition coefficient (Wildman–Crippen LogP) is 2.30. The van der Waals surface area contributed by atoms with Crippen molar-refractivity contribution in [3.05, 3.63) is 0 Å². The van der Waals surface area contributed by atoms with Crippen molar-refractivity contribution in [2.45, 2.75) is 73.9 Å². The van der Waals surface area contributed by atoms with E-state index in [1.54, 1.807) is 11.8 Å². The van der Waals surface area contributed by atoms with Gasteiger partial charge in [0.1, 0.15) is 5.54 Å². The number of nitriles is 1. The summed E-state index contributed by atoms with van der Waals surface area (Å²) in [6.07, 6.45) is 7.49. The van der Waals surface area contributed by atoms with Crippen LogP contribution in [-0.2, 0) is 0 Å². The van der Waals surface area contributed by atoms with Crippen molar-refractivity contribution >= 4 is 11.8 Å². The summed E-state index contributed by atoms with van der Waals surface area (Å²) < 4.78 is 1.97. The second-order valence-corrected chi connectivity index (χ2v) is 7.36. The first-order valence-electron chi connectivity index (χ1n) is 7.87. The summed E-state index contributed by atoms with van der Waals surface area (Å²) >= 11 is 1.75. The van der Waals surface area contributed by atoms with Crippen LogP contribution in [0.5, 0.6) is 0 Å². The number of nitrogens with one attached hydrogen (secondary N) is 1. The van der Waals surface area contributed by atoms with Crippen LogP contribution in [0.15, 0.2) is 5.16 Å². The molecule has 0 radical (unpaired) electrons. The lowest BCUT2D eigenvalue weighted by Crippen LogP contribution is -2.48. The average Bonchev–Trinajstić information content (AvgIpc) is 3.26. The number of nitrogens with zero attached hydrogens (tertiary/aromatic N) is 5. The van der Waals surface area contributed by atoms with E-state index < -0.39 is 0 Å². The molecule has 0 aliphatic heterocycles. The lowest BCUT2D eigenvalue weighted by atomic mass is 9.82. The first-order chi connectivity index (χ1) is 10.3. The van der Waals surface area contributed by atoms with E-state index in [0.29, 0.717) is 11.3 Å². The van der Waals surface area contributed by atoms with Crippen LogP contribution in [0.25, 0.3) is 0 Å². The fourth-order valence-corrected chi connectivity index (χ4v) is 4.28. The minimum Gasteiger partial charge on any atom is -0.299 e. The van der Waals surface area contributed by atoms with Crippen molar-refractivity contribution in [2.24, 2.45) is 0 Å². The molecule has 1 aromatic heterocycles. The maximum atomic E-state index is 9.60. The zero-order valence-electron chi connectivity index (χ0n) is 12.5. The van der Waals surface area contributed by atoms with Crippen molar-refractivity contribution in [3.63, 3.8) is 0 Å². The van der Waals surface area contributed by atoms with Gasteiger partial charge in [-0.15, -0.1) is 5.10 Å².